The van der Waals surface area contributed by atoms with Gasteiger partial charge in [-0.15, -0.1) is 0 Å². The lowest BCUT2D eigenvalue weighted by molar-refractivity contribution is 0.518. The Bertz CT molecular complexity index is 604. The minimum absolute atomic E-state index is 0.475. The Kier molecular flexibility index (Phi) is 5.59. The summed E-state index contributed by atoms with van der Waals surface area (Å²) in [5, 5.41) is 7.95. The highest BCUT2D eigenvalue weighted by Crippen LogP contribution is 2.20. The van der Waals surface area contributed by atoms with Gasteiger partial charge in [0.1, 0.15) is 0 Å². The summed E-state index contributed by atoms with van der Waals surface area (Å²) >= 11 is 3.64. The second-order valence-electron chi connectivity index (χ2n) is 5.59. The number of likely N-dealkylation sites (N-methyl/N-ethyl adjacent to an activating group) is 1. The van der Waals surface area contributed by atoms with E-state index in [9.17, 15) is 0 Å². The van der Waals surface area contributed by atoms with Crippen LogP contribution >= 0.6 is 15.9 Å². The van der Waals surface area contributed by atoms with Crippen LogP contribution in [0.4, 0.5) is 0 Å². The van der Waals surface area contributed by atoms with Gasteiger partial charge in [0, 0.05) is 23.3 Å². The van der Waals surface area contributed by atoms with Gasteiger partial charge in [0.05, 0.1) is 5.69 Å². The molecule has 1 atom stereocenters. The molecule has 1 aromatic carbocycles. The van der Waals surface area contributed by atoms with E-state index in [0.29, 0.717) is 6.04 Å². The van der Waals surface area contributed by atoms with E-state index in [2.05, 4.69) is 64.5 Å². The van der Waals surface area contributed by atoms with Gasteiger partial charge in [0.2, 0.25) is 0 Å². The van der Waals surface area contributed by atoms with Crippen molar-refractivity contribution in [2.75, 3.05) is 7.05 Å². The van der Waals surface area contributed by atoms with E-state index in [1.54, 1.807) is 0 Å². The number of aryl methyl sites for hydroxylation is 2. The van der Waals surface area contributed by atoms with E-state index in [-0.39, 0.29) is 0 Å². The number of benzene rings is 1. The van der Waals surface area contributed by atoms with Crippen molar-refractivity contribution >= 4 is 15.9 Å². The van der Waals surface area contributed by atoms with E-state index >= 15 is 0 Å². The Morgan fingerprint density at radius 2 is 2.00 bits per heavy atom. The Morgan fingerprint density at radius 3 is 2.57 bits per heavy atom. The molecule has 1 heterocycles. The third kappa shape index (κ3) is 3.95. The summed E-state index contributed by atoms with van der Waals surface area (Å²) in [6.07, 6.45) is 3.23. The zero-order chi connectivity index (χ0) is 15.4. The van der Waals surface area contributed by atoms with E-state index in [0.717, 1.165) is 25.0 Å². The summed E-state index contributed by atoms with van der Waals surface area (Å²) in [5.41, 5.74) is 5.19. The molecule has 21 heavy (non-hydrogen) atoms. The predicted octanol–water partition coefficient (Wildman–Crippen LogP) is 3.56. The fraction of sp³-hybridized carbons (Fsp3) is 0.471. The molecule has 1 N–H and O–H groups in total. The van der Waals surface area contributed by atoms with Crippen LogP contribution in [0.1, 0.15) is 28.9 Å². The van der Waals surface area contributed by atoms with Gasteiger partial charge in [-0.3, -0.25) is 4.68 Å². The number of rotatable bonds is 6. The van der Waals surface area contributed by atoms with E-state index < -0.39 is 0 Å². The van der Waals surface area contributed by atoms with Gasteiger partial charge in [0.15, 0.2) is 0 Å². The average molecular weight is 350 g/mol. The Balaban J connectivity index is 2.01. The van der Waals surface area contributed by atoms with Crippen LogP contribution in [-0.2, 0) is 19.9 Å². The van der Waals surface area contributed by atoms with Crippen molar-refractivity contribution in [3.05, 3.63) is 51.3 Å². The van der Waals surface area contributed by atoms with Crippen molar-refractivity contribution in [3.8, 4) is 0 Å². The molecule has 0 fully saturated rings. The van der Waals surface area contributed by atoms with Gasteiger partial charge in [-0.1, -0.05) is 34.1 Å². The first-order valence-electron chi connectivity index (χ1n) is 7.42. The number of nitrogens with one attached hydrogen (secondary N) is 1. The van der Waals surface area contributed by atoms with Crippen LogP contribution < -0.4 is 5.32 Å². The van der Waals surface area contributed by atoms with Crippen molar-refractivity contribution in [1.29, 1.82) is 0 Å². The van der Waals surface area contributed by atoms with E-state index in [1.165, 1.54) is 21.3 Å². The van der Waals surface area contributed by atoms with Gasteiger partial charge in [-0.2, -0.15) is 5.10 Å². The molecular weight excluding hydrogens is 326 g/mol. The maximum Gasteiger partial charge on any atom is 0.0628 e. The fourth-order valence-corrected chi connectivity index (χ4v) is 3.22. The minimum atomic E-state index is 0.475. The summed E-state index contributed by atoms with van der Waals surface area (Å²) in [6, 6.07) is 8.93. The molecule has 0 aliphatic heterocycles. The smallest absolute Gasteiger partial charge is 0.0628 e. The third-order valence-electron chi connectivity index (χ3n) is 4.23. The number of aromatic nitrogens is 2. The van der Waals surface area contributed by atoms with E-state index in [4.69, 9.17) is 0 Å². The summed E-state index contributed by atoms with van der Waals surface area (Å²) < 4.78 is 3.17. The second kappa shape index (κ2) is 7.23. The Labute approximate surface area is 135 Å². The van der Waals surface area contributed by atoms with Crippen molar-refractivity contribution in [1.82, 2.24) is 15.1 Å². The van der Waals surface area contributed by atoms with Gasteiger partial charge in [-0.05, 0) is 57.4 Å². The largest absolute Gasteiger partial charge is 0.317 e. The first-order chi connectivity index (χ1) is 10.0. The van der Waals surface area contributed by atoms with Gasteiger partial charge in [-0.25, -0.2) is 0 Å². The second-order valence-corrected chi connectivity index (χ2v) is 6.45. The molecule has 0 bridgehead atoms. The van der Waals surface area contributed by atoms with Gasteiger partial charge >= 0.3 is 0 Å². The SMILES string of the molecule is CNC(CCc1c(C)nn(C)c1C)Cc1ccccc1Br. The maximum absolute atomic E-state index is 4.50. The average Bonchev–Trinajstić information content (AvgIpc) is 2.71. The van der Waals surface area contributed by atoms with Gasteiger partial charge in [0.25, 0.3) is 0 Å². The molecule has 0 saturated heterocycles. The first kappa shape index (κ1) is 16.2. The summed E-state index contributed by atoms with van der Waals surface area (Å²) in [4.78, 5) is 0. The number of halogens is 1. The Hall–Kier alpha value is -1.13. The van der Waals surface area contributed by atoms with Crippen LogP contribution in [0, 0.1) is 13.8 Å². The number of hydrogen-bond acceptors (Lipinski definition) is 2. The molecule has 0 saturated carbocycles. The summed E-state index contributed by atoms with van der Waals surface area (Å²) in [5.74, 6) is 0. The number of nitrogens with zero attached hydrogens (tertiary/aromatic N) is 2. The molecule has 1 aromatic heterocycles. The van der Waals surface area contributed by atoms with Crippen LogP contribution in [0.15, 0.2) is 28.7 Å². The van der Waals surface area contributed by atoms with Crippen LogP contribution in [0.3, 0.4) is 0 Å². The summed E-state index contributed by atoms with van der Waals surface area (Å²) in [6.45, 7) is 4.25. The maximum atomic E-state index is 4.50. The third-order valence-corrected chi connectivity index (χ3v) is 5.01. The molecule has 114 valence electrons. The highest BCUT2D eigenvalue weighted by atomic mass is 79.9. The molecule has 0 amide bonds. The molecule has 0 aliphatic rings. The lowest BCUT2D eigenvalue weighted by atomic mass is 9.98. The highest BCUT2D eigenvalue weighted by Gasteiger charge is 2.14. The van der Waals surface area contributed by atoms with Crippen LogP contribution in [0.5, 0.6) is 0 Å². The molecule has 3 nitrogen and oxygen atoms in total. The standard InChI is InChI=1S/C17H24BrN3/c1-12-16(13(2)21(4)20-12)10-9-15(19-3)11-14-7-5-6-8-17(14)18/h5-8,15,19H,9-11H2,1-4H3. The molecular formula is C17H24BrN3. The molecule has 1 unspecified atom stereocenters. The molecule has 0 radical (unpaired) electrons. The number of hydrogen-bond donors (Lipinski definition) is 1. The normalized spacial score (nSPS) is 12.6. The first-order valence-corrected chi connectivity index (χ1v) is 8.22. The van der Waals surface area contributed by atoms with Crippen LogP contribution in [-0.4, -0.2) is 22.9 Å². The molecule has 0 spiro atoms. The van der Waals surface area contributed by atoms with Crippen molar-refractivity contribution in [3.63, 3.8) is 0 Å². The lowest BCUT2D eigenvalue weighted by Crippen LogP contribution is -2.28. The zero-order valence-corrected chi connectivity index (χ0v) is 14.9. The van der Waals surface area contributed by atoms with Crippen LogP contribution in [0.25, 0.3) is 0 Å². The topological polar surface area (TPSA) is 29.9 Å². The highest BCUT2D eigenvalue weighted by molar-refractivity contribution is 9.10. The lowest BCUT2D eigenvalue weighted by Gasteiger charge is -2.17. The Morgan fingerprint density at radius 1 is 1.29 bits per heavy atom. The van der Waals surface area contributed by atoms with Crippen molar-refractivity contribution in [2.24, 2.45) is 7.05 Å². The summed E-state index contributed by atoms with van der Waals surface area (Å²) in [7, 11) is 4.06. The van der Waals surface area contributed by atoms with E-state index in [1.807, 2.05) is 18.8 Å². The minimum Gasteiger partial charge on any atom is -0.317 e. The fourth-order valence-electron chi connectivity index (χ4n) is 2.78. The van der Waals surface area contributed by atoms with Crippen molar-refractivity contribution in [2.45, 2.75) is 39.2 Å². The predicted molar refractivity (Wildman–Crippen MR) is 91.7 cm³/mol. The molecule has 4 heteroatoms. The van der Waals surface area contributed by atoms with Gasteiger partial charge < -0.3 is 5.32 Å². The molecule has 2 rings (SSSR count). The zero-order valence-electron chi connectivity index (χ0n) is 13.3. The van der Waals surface area contributed by atoms with Crippen LogP contribution in [0.2, 0.25) is 0 Å². The quantitative estimate of drug-likeness (QED) is 0.863. The monoisotopic (exact) mass is 349 g/mol. The molecule has 2 aromatic rings. The van der Waals surface area contributed by atoms with Crippen molar-refractivity contribution < 1.29 is 0 Å². The molecule has 0 aliphatic carbocycles.